The van der Waals surface area contributed by atoms with E-state index in [1.165, 1.54) is 4.31 Å². The summed E-state index contributed by atoms with van der Waals surface area (Å²) in [6.45, 7) is 2.82. The first-order chi connectivity index (χ1) is 13.4. The highest BCUT2D eigenvalue weighted by Gasteiger charge is 2.27. The lowest BCUT2D eigenvalue weighted by atomic mass is 10.0. The molecule has 8 nitrogen and oxygen atoms in total. The number of nitrogens with one attached hydrogen (secondary N) is 1. The van der Waals surface area contributed by atoms with Crippen LogP contribution in [0.4, 0.5) is 0 Å². The van der Waals surface area contributed by atoms with Gasteiger partial charge in [0.2, 0.25) is 10.0 Å². The predicted octanol–water partition coefficient (Wildman–Crippen LogP) is 1.62. The fourth-order valence-corrected chi connectivity index (χ4v) is 5.10. The van der Waals surface area contributed by atoms with E-state index >= 15 is 0 Å². The third kappa shape index (κ3) is 4.68. The molecule has 3 rings (SSSR count). The van der Waals surface area contributed by atoms with Gasteiger partial charge in [-0.3, -0.25) is 4.79 Å². The van der Waals surface area contributed by atoms with Gasteiger partial charge in [-0.25, -0.2) is 8.42 Å². The molecule has 28 heavy (non-hydrogen) atoms. The summed E-state index contributed by atoms with van der Waals surface area (Å²) < 4.78 is 35.9. The molecule has 0 fully saturated rings. The van der Waals surface area contributed by atoms with Gasteiger partial charge in [0.15, 0.2) is 0 Å². The van der Waals surface area contributed by atoms with Crippen LogP contribution < -0.4 is 10.1 Å². The number of aryl methyl sites for hydroxylation is 1. The molecule has 0 saturated heterocycles. The number of rotatable bonds is 8. The summed E-state index contributed by atoms with van der Waals surface area (Å²) in [6.07, 6.45) is 2.18. The van der Waals surface area contributed by atoms with Gasteiger partial charge in [0, 0.05) is 19.6 Å². The fourth-order valence-electron chi connectivity index (χ4n) is 3.15. The van der Waals surface area contributed by atoms with Crippen LogP contribution in [0.1, 0.15) is 39.8 Å². The van der Waals surface area contributed by atoms with Crippen LogP contribution in [0.15, 0.2) is 18.2 Å². The topological polar surface area (TPSA) is 101 Å². The summed E-state index contributed by atoms with van der Waals surface area (Å²) in [6, 6.07) is 5.70. The van der Waals surface area contributed by atoms with Crippen LogP contribution in [0.3, 0.4) is 0 Å². The number of benzene rings is 1. The number of carbonyl (C=O) groups excluding carboxylic acids is 1. The van der Waals surface area contributed by atoms with Gasteiger partial charge in [0.1, 0.15) is 10.6 Å². The van der Waals surface area contributed by atoms with E-state index in [9.17, 15) is 13.2 Å². The maximum absolute atomic E-state index is 12.7. The molecule has 2 aromatic rings. The lowest BCUT2D eigenvalue weighted by Gasteiger charge is -2.28. The summed E-state index contributed by atoms with van der Waals surface area (Å²) in [5.41, 5.74) is 2.76. The summed E-state index contributed by atoms with van der Waals surface area (Å²) in [5, 5.41) is 6.65. The first kappa shape index (κ1) is 20.7. The largest absolute Gasteiger partial charge is 0.497 e. The van der Waals surface area contributed by atoms with Gasteiger partial charge in [-0.1, -0.05) is 23.9 Å². The second-order valence-corrected chi connectivity index (χ2v) is 9.43. The van der Waals surface area contributed by atoms with Gasteiger partial charge in [0.05, 0.1) is 18.6 Å². The molecule has 0 radical (unpaired) electrons. The van der Waals surface area contributed by atoms with Crippen LogP contribution in [0.5, 0.6) is 5.75 Å². The molecule has 1 amide bonds. The molecule has 152 valence electrons. The van der Waals surface area contributed by atoms with Gasteiger partial charge < -0.3 is 10.1 Å². The van der Waals surface area contributed by atoms with Gasteiger partial charge in [-0.05, 0) is 47.6 Å². The number of aromatic nitrogens is 2. The molecule has 10 heteroatoms. The summed E-state index contributed by atoms with van der Waals surface area (Å²) in [7, 11) is -1.85. The zero-order valence-electron chi connectivity index (χ0n) is 16.0. The smallest absolute Gasteiger partial charge is 0.264 e. The van der Waals surface area contributed by atoms with E-state index in [0.717, 1.165) is 34.8 Å². The van der Waals surface area contributed by atoms with Gasteiger partial charge >= 0.3 is 0 Å². The molecule has 0 saturated carbocycles. The molecular formula is C18H24N4O4S2. The van der Waals surface area contributed by atoms with E-state index in [1.807, 2.05) is 25.1 Å². The lowest BCUT2D eigenvalue weighted by Crippen LogP contribution is -2.40. The number of hydrogen-bond acceptors (Lipinski definition) is 7. The number of amides is 1. The van der Waals surface area contributed by atoms with E-state index in [4.69, 9.17) is 4.74 Å². The van der Waals surface area contributed by atoms with Crippen molar-refractivity contribution in [1.82, 2.24) is 19.2 Å². The van der Waals surface area contributed by atoms with Crippen molar-refractivity contribution >= 4 is 27.5 Å². The number of carbonyl (C=O) groups is 1. The molecule has 2 heterocycles. The first-order valence-electron chi connectivity index (χ1n) is 9.17. The first-order valence-corrected chi connectivity index (χ1v) is 11.6. The van der Waals surface area contributed by atoms with Crippen molar-refractivity contribution in [3.8, 4) is 5.75 Å². The minimum absolute atomic E-state index is 0.0522. The normalized spacial score (nSPS) is 14.5. The Hall–Kier alpha value is -2.04. The Labute approximate surface area is 169 Å². The van der Waals surface area contributed by atoms with E-state index in [-0.39, 0.29) is 18.2 Å². The van der Waals surface area contributed by atoms with Crippen molar-refractivity contribution in [3.05, 3.63) is 39.9 Å². The third-order valence-electron chi connectivity index (χ3n) is 4.68. The third-order valence-corrected chi connectivity index (χ3v) is 7.26. The second kappa shape index (κ2) is 8.97. The molecule has 1 N–H and O–H groups in total. The molecule has 0 bridgehead atoms. The minimum atomic E-state index is -3.47. The van der Waals surface area contributed by atoms with Crippen molar-refractivity contribution in [3.63, 3.8) is 0 Å². The predicted molar refractivity (Wildman–Crippen MR) is 107 cm³/mol. The Morgan fingerprint density at radius 1 is 1.36 bits per heavy atom. The van der Waals surface area contributed by atoms with Crippen LogP contribution in [0, 0.1) is 0 Å². The van der Waals surface area contributed by atoms with E-state index < -0.39 is 10.0 Å². The van der Waals surface area contributed by atoms with Crippen molar-refractivity contribution in [2.24, 2.45) is 0 Å². The van der Waals surface area contributed by atoms with Crippen LogP contribution in [0.2, 0.25) is 0 Å². The fraction of sp³-hybridized carbons (Fsp3) is 0.500. The van der Waals surface area contributed by atoms with Crippen molar-refractivity contribution in [1.29, 1.82) is 0 Å². The molecular weight excluding hydrogens is 400 g/mol. The van der Waals surface area contributed by atoms with Gasteiger partial charge in [0.25, 0.3) is 5.91 Å². The molecule has 0 aliphatic carbocycles. The van der Waals surface area contributed by atoms with E-state index in [0.29, 0.717) is 36.5 Å². The molecule has 1 aliphatic heterocycles. The zero-order valence-corrected chi connectivity index (χ0v) is 17.6. The maximum atomic E-state index is 12.7. The Bertz CT molecular complexity index is 943. The number of ether oxygens (including phenoxy) is 1. The van der Waals surface area contributed by atoms with E-state index in [1.54, 1.807) is 7.11 Å². The highest BCUT2D eigenvalue weighted by atomic mass is 32.2. The molecule has 1 aliphatic rings. The minimum Gasteiger partial charge on any atom is -0.497 e. The van der Waals surface area contributed by atoms with Crippen LogP contribution in [0.25, 0.3) is 0 Å². The Morgan fingerprint density at radius 2 is 2.18 bits per heavy atom. The van der Waals surface area contributed by atoms with Crippen molar-refractivity contribution < 1.29 is 17.9 Å². The zero-order chi connectivity index (χ0) is 20.1. The average molecular weight is 425 g/mol. The van der Waals surface area contributed by atoms with Gasteiger partial charge in [-0.2, -0.15) is 4.31 Å². The molecule has 1 aromatic carbocycles. The highest BCUT2D eigenvalue weighted by molar-refractivity contribution is 7.89. The average Bonchev–Trinajstić information content (AvgIpc) is 3.15. The van der Waals surface area contributed by atoms with Gasteiger partial charge in [-0.15, -0.1) is 5.10 Å². The molecule has 1 aromatic heterocycles. The monoisotopic (exact) mass is 424 g/mol. The van der Waals surface area contributed by atoms with E-state index in [2.05, 4.69) is 14.9 Å². The summed E-state index contributed by atoms with van der Waals surface area (Å²) in [4.78, 5) is 12.7. The number of sulfonamides is 1. The summed E-state index contributed by atoms with van der Waals surface area (Å²) in [5.74, 6) is 0.321. The Balaban J connectivity index is 1.57. The highest BCUT2D eigenvalue weighted by Crippen LogP contribution is 2.25. The number of nitrogens with zero attached hydrogens (tertiary/aromatic N) is 3. The van der Waals surface area contributed by atoms with Crippen LogP contribution >= 0.6 is 11.5 Å². The van der Waals surface area contributed by atoms with Crippen molar-refractivity contribution in [2.45, 2.75) is 32.7 Å². The number of hydrogen-bond donors (Lipinski definition) is 1. The maximum Gasteiger partial charge on any atom is 0.264 e. The Morgan fingerprint density at radius 3 is 2.93 bits per heavy atom. The van der Waals surface area contributed by atoms with Crippen LogP contribution in [-0.2, 0) is 29.4 Å². The number of methoxy groups -OCH3 is 1. The van der Waals surface area contributed by atoms with Crippen LogP contribution in [-0.4, -0.2) is 54.2 Å². The van der Waals surface area contributed by atoms with Crippen molar-refractivity contribution in [2.75, 3.05) is 26.0 Å². The molecule has 0 atom stereocenters. The lowest BCUT2D eigenvalue weighted by molar-refractivity contribution is 0.0959. The molecule has 0 unspecified atom stereocenters. The quantitative estimate of drug-likeness (QED) is 0.691. The second-order valence-electron chi connectivity index (χ2n) is 6.59. The Kier molecular flexibility index (Phi) is 6.63. The standard InChI is InChI=1S/C18H24N4O4S2/c1-3-4-16-17(27-21-20-16)18(23)19-8-10-28(24,25)22-9-7-13-11-15(26-2)6-5-14(13)12-22/h5-6,11H,3-4,7-10,12H2,1-2H3,(H,19,23). The summed E-state index contributed by atoms with van der Waals surface area (Å²) >= 11 is 1.04. The molecule has 0 spiro atoms. The number of fused-ring (bicyclic) bond motifs is 1. The SMILES string of the molecule is CCCc1nnsc1C(=O)NCCS(=O)(=O)N1CCc2cc(OC)ccc2C1.